The number of aromatic nitrogens is 2. The van der Waals surface area contributed by atoms with Crippen molar-refractivity contribution in [2.45, 2.75) is 57.8 Å². The van der Waals surface area contributed by atoms with E-state index < -0.39 is 12.2 Å². The topological polar surface area (TPSA) is 97.7 Å². The zero-order chi connectivity index (χ0) is 22.7. The maximum absolute atomic E-state index is 13.4. The number of alkyl carbamates (subject to hydrolysis) is 1. The molecule has 2 N–H and O–H groups in total. The van der Waals surface area contributed by atoms with Crippen LogP contribution in [0.25, 0.3) is 11.0 Å². The summed E-state index contributed by atoms with van der Waals surface area (Å²) in [7, 11) is 1.36. The van der Waals surface area contributed by atoms with Gasteiger partial charge < -0.3 is 29.6 Å². The van der Waals surface area contributed by atoms with Gasteiger partial charge >= 0.3 is 6.09 Å². The van der Waals surface area contributed by atoms with Crippen molar-refractivity contribution in [2.24, 2.45) is 0 Å². The van der Waals surface area contributed by atoms with Crippen LogP contribution in [0, 0.1) is 6.92 Å². The number of nitrogens with zero attached hydrogens (tertiary/aromatic N) is 3. The molecule has 0 aromatic carbocycles. The first-order chi connectivity index (χ1) is 15.5. The number of rotatable bonds is 8. The van der Waals surface area contributed by atoms with E-state index in [0.29, 0.717) is 19.7 Å². The SMILES string of the molecule is COC(=O)NCCCn1cc([C@@H](C)N(C(=O)[C@H]2CNCCO2)C2CC2)c2nccc(C)c21. The summed E-state index contributed by atoms with van der Waals surface area (Å²) >= 11 is 0. The van der Waals surface area contributed by atoms with Crippen molar-refractivity contribution >= 4 is 23.0 Å². The molecule has 0 spiro atoms. The number of carbonyl (C=O) groups is 2. The Kier molecular flexibility index (Phi) is 6.95. The predicted molar refractivity (Wildman–Crippen MR) is 120 cm³/mol. The quantitative estimate of drug-likeness (QED) is 0.607. The van der Waals surface area contributed by atoms with E-state index in [9.17, 15) is 9.59 Å². The Hall–Kier alpha value is -2.65. The van der Waals surface area contributed by atoms with Gasteiger partial charge in [-0.2, -0.15) is 0 Å². The molecule has 1 saturated carbocycles. The molecule has 2 amide bonds. The highest BCUT2D eigenvalue weighted by Crippen LogP contribution is 2.38. The lowest BCUT2D eigenvalue weighted by Gasteiger charge is -2.34. The third-order valence-corrected chi connectivity index (χ3v) is 6.28. The summed E-state index contributed by atoms with van der Waals surface area (Å²) in [5.74, 6) is 0.0584. The third-order valence-electron chi connectivity index (χ3n) is 6.28. The fourth-order valence-electron chi connectivity index (χ4n) is 4.49. The first-order valence-electron chi connectivity index (χ1n) is 11.4. The molecule has 9 nitrogen and oxygen atoms in total. The van der Waals surface area contributed by atoms with Gasteiger partial charge in [0.15, 0.2) is 0 Å². The average Bonchev–Trinajstić information content (AvgIpc) is 3.57. The smallest absolute Gasteiger partial charge is 0.406 e. The van der Waals surface area contributed by atoms with Crippen LogP contribution in [0.4, 0.5) is 4.79 Å². The number of carbonyl (C=O) groups excluding carboxylic acids is 2. The standard InChI is InChI=1S/C23H33N5O4/c1-15-7-9-25-20-18(14-27(21(15)20)11-4-8-26-23(30)31-3)16(2)28(17-5-6-17)22(29)19-13-24-10-12-32-19/h7,9,14,16-17,19,24H,4-6,8,10-13H2,1-3H3,(H,26,30)/t16-,19-/m1/s1. The van der Waals surface area contributed by atoms with Crippen molar-refractivity contribution in [3.63, 3.8) is 0 Å². The van der Waals surface area contributed by atoms with Gasteiger partial charge in [0.05, 0.1) is 30.8 Å². The van der Waals surface area contributed by atoms with E-state index in [1.807, 2.05) is 17.2 Å². The Morgan fingerprint density at radius 1 is 1.44 bits per heavy atom. The summed E-state index contributed by atoms with van der Waals surface area (Å²) in [5, 5.41) is 5.99. The van der Waals surface area contributed by atoms with Crippen molar-refractivity contribution in [2.75, 3.05) is 33.4 Å². The minimum atomic E-state index is -0.431. The van der Waals surface area contributed by atoms with Crippen LogP contribution in [-0.4, -0.2) is 71.9 Å². The molecule has 0 bridgehead atoms. The van der Waals surface area contributed by atoms with Crippen LogP contribution in [0.3, 0.4) is 0 Å². The zero-order valence-electron chi connectivity index (χ0n) is 19.1. The van der Waals surface area contributed by atoms with Crippen LogP contribution < -0.4 is 10.6 Å². The van der Waals surface area contributed by atoms with E-state index in [2.05, 4.69) is 40.0 Å². The second-order valence-electron chi connectivity index (χ2n) is 8.59. The summed E-state index contributed by atoms with van der Waals surface area (Å²) in [5.41, 5.74) is 4.19. The Balaban J connectivity index is 1.58. The Morgan fingerprint density at radius 2 is 2.25 bits per heavy atom. The van der Waals surface area contributed by atoms with Gasteiger partial charge in [-0.3, -0.25) is 9.78 Å². The lowest BCUT2D eigenvalue weighted by Crippen LogP contribution is -2.50. The minimum absolute atomic E-state index is 0.0584. The van der Waals surface area contributed by atoms with Crippen LogP contribution in [-0.2, 0) is 20.8 Å². The molecule has 32 heavy (non-hydrogen) atoms. The number of hydrogen-bond donors (Lipinski definition) is 2. The fourth-order valence-corrected chi connectivity index (χ4v) is 4.49. The van der Waals surface area contributed by atoms with Gasteiger partial charge in [-0.05, 0) is 44.7 Å². The van der Waals surface area contributed by atoms with Crippen LogP contribution in [0.5, 0.6) is 0 Å². The highest BCUT2D eigenvalue weighted by atomic mass is 16.5. The lowest BCUT2D eigenvalue weighted by molar-refractivity contribution is -0.148. The molecule has 3 heterocycles. The summed E-state index contributed by atoms with van der Waals surface area (Å²) in [6.07, 6.45) is 5.91. The van der Waals surface area contributed by atoms with Gasteiger partial charge in [0, 0.05) is 50.2 Å². The molecule has 2 fully saturated rings. The van der Waals surface area contributed by atoms with Gasteiger partial charge in [-0.1, -0.05) is 0 Å². The van der Waals surface area contributed by atoms with Crippen molar-refractivity contribution in [1.82, 2.24) is 25.1 Å². The first-order valence-corrected chi connectivity index (χ1v) is 11.4. The van der Waals surface area contributed by atoms with E-state index in [0.717, 1.165) is 54.5 Å². The van der Waals surface area contributed by atoms with E-state index in [1.165, 1.54) is 7.11 Å². The summed E-state index contributed by atoms with van der Waals surface area (Å²) in [6, 6.07) is 2.16. The van der Waals surface area contributed by atoms with E-state index in [1.54, 1.807) is 0 Å². The van der Waals surface area contributed by atoms with E-state index in [-0.39, 0.29) is 18.0 Å². The molecule has 1 aliphatic carbocycles. The highest BCUT2D eigenvalue weighted by molar-refractivity contribution is 5.86. The number of ether oxygens (including phenoxy) is 2. The molecule has 2 aromatic heterocycles. The monoisotopic (exact) mass is 443 g/mol. The number of fused-ring (bicyclic) bond motifs is 1. The van der Waals surface area contributed by atoms with Gasteiger partial charge in [0.2, 0.25) is 0 Å². The van der Waals surface area contributed by atoms with Gasteiger partial charge in [-0.15, -0.1) is 0 Å². The number of aryl methyl sites for hydroxylation is 2. The molecule has 0 unspecified atom stereocenters. The van der Waals surface area contributed by atoms with Crippen LogP contribution in [0.1, 0.15) is 43.4 Å². The molecule has 174 valence electrons. The Bertz CT molecular complexity index is 965. The molecule has 2 aromatic rings. The number of morpholine rings is 1. The molecule has 2 aliphatic rings. The van der Waals surface area contributed by atoms with Crippen molar-refractivity contribution in [1.29, 1.82) is 0 Å². The molecular weight excluding hydrogens is 410 g/mol. The first kappa shape index (κ1) is 22.5. The molecule has 2 atom stereocenters. The second-order valence-corrected chi connectivity index (χ2v) is 8.59. The molecule has 9 heteroatoms. The maximum atomic E-state index is 13.4. The normalized spacial score (nSPS) is 19.5. The van der Waals surface area contributed by atoms with Crippen molar-refractivity contribution in [3.05, 3.63) is 29.6 Å². The molecular formula is C23H33N5O4. The predicted octanol–water partition coefficient (Wildman–Crippen LogP) is 2.13. The van der Waals surface area contributed by atoms with Gasteiger partial charge in [0.1, 0.15) is 6.10 Å². The number of methoxy groups -OCH3 is 1. The van der Waals surface area contributed by atoms with E-state index in [4.69, 9.17) is 9.72 Å². The Labute approximate surface area is 188 Å². The van der Waals surface area contributed by atoms with Crippen LogP contribution in [0.15, 0.2) is 18.5 Å². The summed E-state index contributed by atoms with van der Waals surface area (Å²) in [6.45, 7) is 7.32. The van der Waals surface area contributed by atoms with E-state index >= 15 is 0 Å². The minimum Gasteiger partial charge on any atom is -0.453 e. The van der Waals surface area contributed by atoms with Crippen molar-refractivity contribution < 1.29 is 19.1 Å². The average molecular weight is 444 g/mol. The third kappa shape index (κ3) is 4.73. The van der Waals surface area contributed by atoms with Crippen LogP contribution >= 0.6 is 0 Å². The summed E-state index contributed by atoms with van der Waals surface area (Å²) < 4.78 is 12.6. The number of nitrogens with one attached hydrogen (secondary N) is 2. The zero-order valence-corrected chi connectivity index (χ0v) is 19.1. The van der Waals surface area contributed by atoms with Crippen molar-refractivity contribution in [3.8, 4) is 0 Å². The number of hydrogen-bond acceptors (Lipinski definition) is 6. The molecule has 1 saturated heterocycles. The molecule has 1 aliphatic heterocycles. The second kappa shape index (κ2) is 9.87. The largest absolute Gasteiger partial charge is 0.453 e. The summed E-state index contributed by atoms with van der Waals surface area (Å²) in [4.78, 5) is 31.4. The molecule has 4 rings (SSSR count). The number of pyridine rings is 1. The van der Waals surface area contributed by atoms with Gasteiger partial charge in [0.25, 0.3) is 5.91 Å². The lowest BCUT2D eigenvalue weighted by atomic mass is 10.1. The van der Waals surface area contributed by atoms with Crippen LogP contribution in [0.2, 0.25) is 0 Å². The highest BCUT2D eigenvalue weighted by Gasteiger charge is 2.40. The van der Waals surface area contributed by atoms with Gasteiger partial charge in [-0.25, -0.2) is 4.79 Å². The molecule has 0 radical (unpaired) electrons. The number of amides is 2. The maximum Gasteiger partial charge on any atom is 0.406 e. The Morgan fingerprint density at radius 3 is 2.94 bits per heavy atom. The fraction of sp³-hybridized carbons (Fsp3) is 0.609.